The summed E-state index contributed by atoms with van der Waals surface area (Å²) in [6.07, 6.45) is 9.01. The summed E-state index contributed by atoms with van der Waals surface area (Å²) in [5, 5.41) is 32.4. The maximum Gasteiger partial charge on any atom is 0.252 e. The standard InChI is InChI=1S/C23H37N3O4S/c27-12-10-23(8-6-19(15-28)24-11-9-23)26-22(30)20(14-17-4-2-1-3-5-17)25-21(29)18-7-13-31-16-18/h7,13,16-17,19-20,24,27-28H,1-6,8-12,14-15H2,(H,25,29)(H,26,30)/t19-,20+,23+/m1/s1. The van der Waals surface area contributed by atoms with E-state index in [0.29, 0.717) is 43.7 Å². The van der Waals surface area contributed by atoms with Crippen LogP contribution in [0.5, 0.6) is 0 Å². The summed E-state index contributed by atoms with van der Waals surface area (Å²) in [5.41, 5.74) is 0.0571. The number of amides is 2. The number of thiophene rings is 1. The van der Waals surface area contributed by atoms with Crippen molar-refractivity contribution in [1.29, 1.82) is 0 Å². The van der Waals surface area contributed by atoms with E-state index in [2.05, 4.69) is 16.0 Å². The van der Waals surface area contributed by atoms with Gasteiger partial charge in [-0.1, -0.05) is 32.1 Å². The first-order chi connectivity index (χ1) is 15.0. The molecule has 0 spiro atoms. The summed E-state index contributed by atoms with van der Waals surface area (Å²) < 4.78 is 0. The van der Waals surface area contributed by atoms with Crippen molar-refractivity contribution in [1.82, 2.24) is 16.0 Å². The minimum atomic E-state index is -0.587. The second kappa shape index (κ2) is 11.9. The van der Waals surface area contributed by atoms with Crippen molar-refractivity contribution in [3.63, 3.8) is 0 Å². The third-order valence-electron chi connectivity index (χ3n) is 6.91. The van der Waals surface area contributed by atoms with Crippen LogP contribution < -0.4 is 16.0 Å². The predicted molar refractivity (Wildman–Crippen MR) is 122 cm³/mol. The molecule has 7 nitrogen and oxygen atoms in total. The van der Waals surface area contributed by atoms with Gasteiger partial charge in [-0.3, -0.25) is 9.59 Å². The Morgan fingerprint density at radius 2 is 2.00 bits per heavy atom. The number of rotatable bonds is 9. The summed E-state index contributed by atoms with van der Waals surface area (Å²) in [6, 6.07) is 1.19. The first-order valence-electron chi connectivity index (χ1n) is 11.7. The first-order valence-corrected chi connectivity index (χ1v) is 12.6. The maximum atomic E-state index is 13.5. The number of carbonyl (C=O) groups excluding carboxylic acids is 2. The Balaban J connectivity index is 1.72. The van der Waals surface area contributed by atoms with Gasteiger partial charge in [-0.15, -0.1) is 0 Å². The lowest BCUT2D eigenvalue weighted by Crippen LogP contribution is -2.56. The van der Waals surface area contributed by atoms with Gasteiger partial charge in [0.1, 0.15) is 6.04 Å². The number of aliphatic hydroxyl groups excluding tert-OH is 2. The lowest BCUT2D eigenvalue weighted by Gasteiger charge is -2.36. The largest absolute Gasteiger partial charge is 0.396 e. The molecule has 3 rings (SSSR count). The van der Waals surface area contributed by atoms with Gasteiger partial charge >= 0.3 is 0 Å². The minimum Gasteiger partial charge on any atom is -0.396 e. The highest BCUT2D eigenvalue weighted by Gasteiger charge is 2.37. The molecule has 8 heteroatoms. The van der Waals surface area contributed by atoms with Crippen molar-refractivity contribution in [3.05, 3.63) is 22.4 Å². The molecular weight excluding hydrogens is 414 g/mol. The summed E-state index contributed by atoms with van der Waals surface area (Å²) in [4.78, 5) is 26.2. The quantitative estimate of drug-likeness (QED) is 0.395. The lowest BCUT2D eigenvalue weighted by atomic mass is 9.83. The number of aliphatic hydroxyl groups is 2. The van der Waals surface area contributed by atoms with Crippen LogP contribution in [0.25, 0.3) is 0 Å². The van der Waals surface area contributed by atoms with Crippen LogP contribution in [-0.2, 0) is 4.79 Å². The van der Waals surface area contributed by atoms with E-state index in [1.54, 1.807) is 11.4 Å². The van der Waals surface area contributed by atoms with Gasteiger partial charge in [-0.05, 0) is 56.0 Å². The molecule has 174 valence electrons. The third-order valence-corrected chi connectivity index (χ3v) is 7.59. The highest BCUT2D eigenvalue weighted by molar-refractivity contribution is 7.08. The van der Waals surface area contributed by atoms with Crippen molar-refractivity contribution in [2.45, 2.75) is 81.8 Å². The molecule has 1 saturated carbocycles. The fourth-order valence-corrected chi connectivity index (χ4v) is 5.61. The van der Waals surface area contributed by atoms with E-state index in [-0.39, 0.29) is 31.1 Å². The highest BCUT2D eigenvalue weighted by Crippen LogP contribution is 2.29. The van der Waals surface area contributed by atoms with Gasteiger partial charge in [0.15, 0.2) is 0 Å². The molecule has 3 atom stereocenters. The molecule has 1 aromatic rings. The zero-order valence-corrected chi connectivity index (χ0v) is 19.1. The first kappa shape index (κ1) is 24.2. The van der Waals surface area contributed by atoms with Gasteiger partial charge < -0.3 is 26.2 Å². The van der Waals surface area contributed by atoms with E-state index in [1.165, 1.54) is 30.6 Å². The zero-order chi connectivity index (χ0) is 22.1. The molecule has 0 radical (unpaired) electrons. The molecule has 2 aliphatic rings. The fourth-order valence-electron chi connectivity index (χ4n) is 4.97. The van der Waals surface area contributed by atoms with Crippen molar-refractivity contribution < 1.29 is 19.8 Å². The Kier molecular flexibility index (Phi) is 9.31. The molecule has 0 unspecified atom stereocenters. The highest BCUT2D eigenvalue weighted by atomic mass is 32.1. The van der Waals surface area contributed by atoms with Gasteiger partial charge in [0.2, 0.25) is 5.91 Å². The molecule has 1 aromatic heterocycles. The van der Waals surface area contributed by atoms with Crippen molar-refractivity contribution in [3.8, 4) is 0 Å². The summed E-state index contributed by atoms with van der Waals surface area (Å²) in [5.74, 6) is 0.0667. The maximum absolute atomic E-state index is 13.5. The van der Waals surface area contributed by atoms with E-state index >= 15 is 0 Å². The molecule has 31 heavy (non-hydrogen) atoms. The summed E-state index contributed by atoms with van der Waals surface area (Å²) in [6.45, 7) is 0.711. The van der Waals surface area contributed by atoms with E-state index in [0.717, 1.165) is 19.3 Å². The Morgan fingerprint density at radius 1 is 1.19 bits per heavy atom. The van der Waals surface area contributed by atoms with Crippen LogP contribution in [0.2, 0.25) is 0 Å². The second-order valence-electron chi connectivity index (χ2n) is 9.14. The molecule has 0 bridgehead atoms. The van der Waals surface area contributed by atoms with Gasteiger partial charge in [0.05, 0.1) is 12.2 Å². The number of hydrogen-bond donors (Lipinski definition) is 5. The summed E-state index contributed by atoms with van der Waals surface area (Å²) >= 11 is 1.46. The molecular formula is C23H37N3O4S. The normalized spacial score (nSPS) is 26.1. The SMILES string of the molecule is O=C(N[C@@H](CC1CCCCC1)C(=O)N[C@]1(CCO)CCN[C@@H](CO)CC1)c1ccsc1. The van der Waals surface area contributed by atoms with Crippen LogP contribution in [0, 0.1) is 5.92 Å². The van der Waals surface area contributed by atoms with E-state index in [4.69, 9.17) is 0 Å². The Bertz CT molecular complexity index is 693. The third kappa shape index (κ3) is 7.00. The van der Waals surface area contributed by atoms with Crippen molar-refractivity contribution in [2.24, 2.45) is 5.92 Å². The zero-order valence-electron chi connectivity index (χ0n) is 18.3. The topological polar surface area (TPSA) is 111 Å². The Morgan fingerprint density at radius 3 is 2.68 bits per heavy atom. The van der Waals surface area contributed by atoms with Gasteiger partial charge in [-0.2, -0.15) is 11.3 Å². The van der Waals surface area contributed by atoms with E-state index in [9.17, 15) is 19.8 Å². The Hall–Kier alpha value is -1.48. The van der Waals surface area contributed by atoms with Crippen LogP contribution in [0.15, 0.2) is 16.8 Å². The van der Waals surface area contributed by atoms with Crippen LogP contribution in [-0.4, -0.2) is 59.4 Å². The minimum absolute atomic E-state index is 0.00815. The summed E-state index contributed by atoms with van der Waals surface area (Å²) in [7, 11) is 0. The Labute approximate surface area is 189 Å². The molecule has 0 aromatic carbocycles. The molecule has 2 heterocycles. The molecule has 1 aliphatic carbocycles. The van der Waals surface area contributed by atoms with Gasteiger partial charge in [-0.25, -0.2) is 0 Å². The van der Waals surface area contributed by atoms with Crippen LogP contribution in [0.4, 0.5) is 0 Å². The van der Waals surface area contributed by atoms with E-state index in [1.807, 2.05) is 5.38 Å². The van der Waals surface area contributed by atoms with Crippen LogP contribution in [0.3, 0.4) is 0 Å². The number of nitrogens with one attached hydrogen (secondary N) is 3. The average molecular weight is 452 g/mol. The van der Waals surface area contributed by atoms with Crippen molar-refractivity contribution >= 4 is 23.2 Å². The molecule has 2 amide bonds. The number of hydrogen-bond acceptors (Lipinski definition) is 6. The second-order valence-corrected chi connectivity index (χ2v) is 9.92. The fraction of sp³-hybridized carbons (Fsp3) is 0.739. The molecule has 1 saturated heterocycles. The molecule has 2 fully saturated rings. The van der Waals surface area contributed by atoms with Crippen molar-refractivity contribution in [2.75, 3.05) is 19.8 Å². The van der Waals surface area contributed by atoms with Crippen LogP contribution in [0.1, 0.15) is 74.6 Å². The molecule has 1 aliphatic heterocycles. The lowest BCUT2D eigenvalue weighted by molar-refractivity contribution is -0.125. The molecule has 5 N–H and O–H groups in total. The van der Waals surface area contributed by atoms with E-state index < -0.39 is 11.6 Å². The smallest absolute Gasteiger partial charge is 0.252 e. The number of carbonyl (C=O) groups is 2. The predicted octanol–water partition coefficient (Wildman–Crippen LogP) is 2.19. The van der Waals surface area contributed by atoms with Gasteiger partial charge in [0.25, 0.3) is 5.91 Å². The van der Waals surface area contributed by atoms with Crippen LogP contribution >= 0.6 is 11.3 Å². The monoisotopic (exact) mass is 451 g/mol. The average Bonchev–Trinajstić information content (AvgIpc) is 3.24. The van der Waals surface area contributed by atoms with Gasteiger partial charge in [0, 0.05) is 23.6 Å².